The van der Waals surface area contributed by atoms with Gasteiger partial charge in [-0.15, -0.1) is 0 Å². The lowest BCUT2D eigenvalue weighted by molar-refractivity contribution is 0.415. The summed E-state index contributed by atoms with van der Waals surface area (Å²) >= 11 is 0. The van der Waals surface area contributed by atoms with Crippen LogP contribution in [0.2, 0.25) is 0 Å². The Bertz CT molecular complexity index is 691. The van der Waals surface area contributed by atoms with Gasteiger partial charge in [-0.2, -0.15) is 0 Å². The summed E-state index contributed by atoms with van der Waals surface area (Å²) in [4.78, 5) is 4.47. The van der Waals surface area contributed by atoms with Crippen LogP contribution in [0.1, 0.15) is 0 Å². The van der Waals surface area contributed by atoms with Gasteiger partial charge in [-0.25, -0.2) is 0 Å². The molecule has 0 amide bonds. The van der Waals surface area contributed by atoms with Crippen LogP contribution >= 0.6 is 0 Å². The number of fused-ring (bicyclic) bond motifs is 1. The van der Waals surface area contributed by atoms with Gasteiger partial charge in [-0.05, 0) is 29.8 Å². The van der Waals surface area contributed by atoms with Crippen molar-refractivity contribution in [2.75, 3.05) is 7.11 Å². The third kappa shape index (κ3) is 1.93. The number of benzene rings is 2. The minimum atomic E-state index is 0.862. The lowest BCUT2D eigenvalue weighted by atomic mass is 10.1. The number of methoxy groups -OCH3 is 1. The van der Waals surface area contributed by atoms with Gasteiger partial charge in [-0.1, -0.05) is 30.3 Å². The summed E-state index contributed by atoms with van der Waals surface area (Å²) in [6, 6.07) is 18.3. The SMILES string of the molecule is COc1cccc(-c2cnc3ccccc3c2)c1. The van der Waals surface area contributed by atoms with E-state index in [0.717, 1.165) is 27.8 Å². The molecule has 0 N–H and O–H groups in total. The lowest BCUT2D eigenvalue weighted by Crippen LogP contribution is -1.85. The number of aromatic nitrogens is 1. The topological polar surface area (TPSA) is 22.1 Å². The van der Waals surface area contributed by atoms with Crippen LogP contribution in [0.15, 0.2) is 60.8 Å². The fraction of sp³-hybridized carbons (Fsp3) is 0.0625. The predicted octanol–water partition coefficient (Wildman–Crippen LogP) is 3.91. The van der Waals surface area contributed by atoms with E-state index < -0.39 is 0 Å². The highest BCUT2D eigenvalue weighted by Crippen LogP contribution is 2.25. The van der Waals surface area contributed by atoms with Gasteiger partial charge in [0.1, 0.15) is 5.75 Å². The molecule has 18 heavy (non-hydrogen) atoms. The number of nitrogens with zero attached hydrogens (tertiary/aromatic N) is 1. The van der Waals surface area contributed by atoms with Crippen molar-refractivity contribution in [2.45, 2.75) is 0 Å². The first-order chi connectivity index (χ1) is 8.86. The number of para-hydroxylation sites is 1. The maximum absolute atomic E-state index is 5.24. The predicted molar refractivity (Wildman–Crippen MR) is 73.7 cm³/mol. The third-order valence-corrected chi connectivity index (χ3v) is 2.99. The van der Waals surface area contributed by atoms with Gasteiger partial charge in [-0.3, -0.25) is 4.98 Å². The lowest BCUT2D eigenvalue weighted by Gasteiger charge is -2.05. The van der Waals surface area contributed by atoms with Crippen LogP contribution in [0.25, 0.3) is 22.0 Å². The molecule has 0 bridgehead atoms. The smallest absolute Gasteiger partial charge is 0.119 e. The Morgan fingerprint density at radius 3 is 2.67 bits per heavy atom. The second-order valence-electron chi connectivity index (χ2n) is 4.15. The van der Waals surface area contributed by atoms with Crippen molar-refractivity contribution in [1.82, 2.24) is 4.98 Å². The Labute approximate surface area is 106 Å². The number of rotatable bonds is 2. The van der Waals surface area contributed by atoms with E-state index in [1.54, 1.807) is 7.11 Å². The zero-order valence-corrected chi connectivity index (χ0v) is 10.1. The van der Waals surface area contributed by atoms with Crippen LogP contribution < -0.4 is 4.74 Å². The van der Waals surface area contributed by atoms with Gasteiger partial charge in [0.25, 0.3) is 0 Å². The van der Waals surface area contributed by atoms with E-state index in [1.165, 1.54) is 0 Å². The molecule has 3 rings (SSSR count). The first-order valence-corrected chi connectivity index (χ1v) is 5.86. The monoisotopic (exact) mass is 235 g/mol. The minimum absolute atomic E-state index is 0.862. The van der Waals surface area contributed by atoms with Crippen molar-refractivity contribution in [2.24, 2.45) is 0 Å². The zero-order chi connectivity index (χ0) is 12.4. The zero-order valence-electron chi connectivity index (χ0n) is 10.1. The third-order valence-electron chi connectivity index (χ3n) is 2.99. The summed E-state index contributed by atoms with van der Waals surface area (Å²) in [6.45, 7) is 0. The number of hydrogen-bond acceptors (Lipinski definition) is 2. The van der Waals surface area contributed by atoms with Gasteiger partial charge in [0.15, 0.2) is 0 Å². The molecular weight excluding hydrogens is 222 g/mol. The summed E-state index contributed by atoms with van der Waals surface area (Å²) in [5.74, 6) is 0.862. The van der Waals surface area contributed by atoms with E-state index in [1.807, 2.05) is 42.6 Å². The molecular formula is C16H13NO. The Hall–Kier alpha value is -2.35. The molecule has 0 fully saturated rings. The standard InChI is InChI=1S/C16H13NO/c1-18-15-7-4-6-12(10-15)14-9-13-5-2-3-8-16(13)17-11-14/h2-11H,1H3. The summed E-state index contributed by atoms with van der Waals surface area (Å²) in [7, 11) is 1.68. The molecule has 0 atom stereocenters. The van der Waals surface area contributed by atoms with Gasteiger partial charge in [0, 0.05) is 17.1 Å². The molecule has 0 aliphatic heterocycles. The first-order valence-electron chi connectivity index (χ1n) is 5.86. The van der Waals surface area contributed by atoms with E-state index in [9.17, 15) is 0 Å². The second kappa shape index (κ2) is 4.49. The number of hydrogen-bond donors (Lipinski definition) is 0. The Morgan fingerprint density at radius 2 is 1.78 bits per heavy atom. The maximum Gasteiger partial charge on any atom is 0.119 e. The highest BCUT2D eigenvalue weighted by atomic mass is 16.5. The van der Waals surface area contributed by atoms with E-state index in [2.05, 4.69) is 23.2 Å². The molecule has 3 aromatic rings. The van der Waals surface area contributed by atoms with Crippen molar-refractivity contribution in [3.05, 3.63) is 60.8 Å². The molecule has 0 radical (unpaired) electrons. The van der Waals surface area contributed by atoms with Gasteiger partial charge in [0.2, 0.25) is 0 Å². The average molecular weight is 235 g/mol. The Balaban J connectivity index is 2.13. The molecule has 1 heterocycles. The van der Waals surface area contributed by atoms with E-state index in [4.69, 9.17) is 4.74 Å². The van der Waals surface area contributed by atoms with Crippen LogP contribution in [-0.2, 0) is 0 Å². The normalized spacial score (nSPS) is 10.5. The van der Waals surface area contributed by atoms with Crippen molar-refractivity contribution in [3.63, 3.8) is 0 Å². The van der Waals surface area contributed by atoms with Crippen molar-refractivity contribution in [1.29, 1.82) is 0 Å². The Kier molecular flexibility index (Phi) is 2.69. The van der Waals surface area contributed by atoms with Gasteiger partial charge < -0.3 is 4.74 Å². The van der Waals surface area contributed by atoms with E-state index in [0.29, 0.717) is 0 Å². The largest absolute Gasteiger partial charge is 0.497 e. The van der Waals surface area contributed by atoms with Crippen molar-refractivity contribution >= 4 is 10.9 Å². The first kappa shape index (κ1) is 10.8. The molecule has 2 aromatic carbocycles. The molecule has 0 aliphatic rings. The maximum atomic E-state index is 5.24. The van der Waals surface area contributed by atoms with Gasteiger partial charge >= 0.3 is 0 Å². The molecule has 2 nitrogen and oxygen atoms in total. The fourth-order valence-electron chi connectivity index (χ4n) is 2.03. The molecule has 0 saturated carbocycles. The van der Waals surface area contributed by atoms with Crippen molar-refractivity contribution < 1.29 is 4.74 Å². The summed E-state index contributed by atoms with van der Waals surface area (Å²) in [5.41, 5.74) is 3.24. The van der Waals surface area contributed by atoms with Crippen LogP contribution in [0.4, 0.5) is 0 Å². The van der Waals surface area contributed by atoms with Gasteiger partial charge in [0.05, 0.1) is 12.6 Å². The molecule has 0 unspecified atom stereocenters. The number of pyridine rings is 1. The average Bonchev–Trinajstić information content (AvgIpc) is 2.47. The molecule has 0 aliphatic carbocycles. The molecule has 0 saturated heterocycles. The van der Waals surface area contributed by atoms with Crippen LogP contribution in [-0.4, -0.2) is 12.1 Å². The van der Waals surface area contributed by atoms with Crippen LogP contribution in [0, 0.1) is 0 Å². The Morgan fingerprint density at radius 1 is 0.889 bits per heavy atom. The van der Waals surface area contributed by atoms with E-state index in [-0.39, 0.29) is 0 Å². The molecule has 1 aromatic heterocycles. The number of ether oxygens (including phenoxy) is 1. The van der Waals surface area contributed by atoms with Crippen molar-refractivity contribution in [3.8, 4) is 16.9 Å². The molecule has 2 heteroatoms. The summed E-state index contributed by atoms with van der Waals surface area (Å²) < 4.78 is 5.24. The van der Waals surface area contributed by atoms with Crippen LogP contribution in [0.3, 0.4) is 0 Å². The van der Waals surface area contributed by atoms with E-state index >= 15 is 0 Å². The molecule has 0 spiro atoms. The fourth-order valence-corrected chi connectivity index (χ4v) is 2.03. The highest BCUT2D eigenvalue weighted by Gasteiger charge is 2.01. The second-order valence-corrected chi connectivity index (χ2v) is 4.15. The summed E-state index contributed by atoms with van der Waals surface area (Å²) in [6.07, 6.45) is 1.90. The summed E-state index contributed by atoms with van der Waals surface area (Å²) in [5, 5.41) is 1.15. The minimum Gasteiger partial charge on any atom is -0.497 e. The highest BCUT2D eigenvalue weighted by molar-refractivity contribution is 5.83. The quantitative estimate of drug-likeness (QED) is 0.671. The van der Waals surface area contributed by atoms with Crippen LogP contribution in [0.5, 0.6) is 5.75 Å². The molecule has 88 valence electrons.